The Balaban J connectivity index is 4.69. The van der Waals surface area contributed by atoms with Crippen molar-refractivity contribution >= 4 is 11.9 Å². The minimum Gasteiger partial charge on any atom is -0.466 e. The molecule has 0 aromatic carbocycles. The SMILES string of the molecule is CCOC(=O)CC(CC(=O)OCC)N=NC(C)(C)OC. The summed E-state index contributed by atoms with van der Waals surface area (Å²) in [6.45, 7) is 7.45. The van der Waals surface area contributed by atoms with E-state index in [1.807, 2.05) is 0 Å². The van der Waals surface area contributed by atoms with Crippen LogP contribution in [0.3, 0.4) is 0 Å². The first-order chi connectivity index (χ1) is 9.34. The molecule has 0 aromatic heterocycles. The van der Waals surface area contributed by atoms with E-state index in [0.29, 0.717) is 0 Å². The summed E-state index contributed by atoms with van der Waals surface area (Å²) in [5.41, 5.74) is -0.804. The number of hydrogen-bond donors (Lipinski definition) is 0. The largest absolute Gasteiger partial charge is 0.466 e. The second-order valence-electron chi connectivity index (χ2n) is 4.54. The molecule has 0 aromatic rings. The highest BCUT2D eigenvalue weighted by molar-refractivity contribution is 5.74. The molecule has 0 aliphatic rings. The standard InChI is InChI=1S/C13H24N2O5/c1-6-19-11(16)8-10(9-12(17)20-7-2)14-15-13(3,4)18-5/h10H,6-9H2,1-5H3. The van der Waals surface area contributed by atoms with E-state index in [0.717, 1.165) is 0 Å². The number of hydrogen-bond acceptors (Lipinski definition) is 7. The van der Waals surface area contributed by atoms with Crippen LogP contribution in [0.25, 0.3) is 0 Å². The highest BCUT2D eigenvalue weighted by Crippen LogP contribution is 2.14. The monoisotopic (exact) mass is 288 g/mol. The van der Waals surface area contributed by atoms with Crippen LogP contribution < -0.4 is 0 Å². The molecule has 0 saturated heterocycles. The molecule has 0 spiro atoms. The van der Waals surface area contributed by atoms with Gasteiger partial charge in [-0.3, -0.25) is 9.59 Å². The number of azo groups is 1. The number of methoxy groups -OCH3 is 1. The zero-order chi connectivity index (χ0) is 15.6. The van der Waals surface area contributed by atoms with Crippen molar-refractivity contribution in [2.75, 3.05) is 20.3 Å². The van der Waals surface area contributed by atoms with Crippen LogP contribution in [0.4, 0.5) is 0 Å². The zero-order valence-corrected chi connectivity index (χ0v) is 12.8. The molecule has 0 radical (unpaired) electrons. The van der Waals surface area contributed by atoms with Crippen LogP contribution in [-0.4, -0.2) is 44.0 Å². The van der Waals surface area contributed by atoms with E-state index >= 15 is 0 Å². The van der Waals surface area contributed by atoms with Crippen molar-refractivity contribution in [1.82, 2.24) is 0 Å². The average molecular weight is 288 g/mol. The molecule has 0 saturated carbocycles. The van der Waals surface area contributed by atoms with Crippen molar-refractivity contribution in [1.29, 1.82) is 0 Å². The Labute approximate surface area is 119 Å². The van der Waals surface area contributed by atoms with E-state index in [1.165, 1.54) is 7.11 Å². The molecule has 0 heterocycles. The lowest BCUT2D eigenvalue weighted by molar-refractivity contribution is -0.145. The first-order valence-electron chi connectivity index (χ1n) is 6.63. The number of rotatable bonds is 9. The van der Waals surface area contributed by atoms with Crippen LogP contribution in [0.2, 0.25) is 0 Å². The molecule has 0 aliphatic heterocycles. The van der Waals surface area contributed by atoms with Gasteiger partial charge in [-0.2, -0.15) is 10.2 Å². The summed E-state index contributed by atoms with van der Waals surface area (Å²) < 4.78 is 14.8. The first-order valence-corrected chi connectivity index (χ1v) is 6.63. The quantitative estimate of drug-likeness (QED) is 0.479. The Kier molecular flexibility index (Phi) is 8.71. The van der Waals surface area contributed by atoms with Gasteiger partial charge >= 0.3 is 11.9 Å². The maximum absolute atomic E-state index is 11.5. The maximum Gasteiger partial charge on any atom is 0.308 e. The van der Waals surface area contributed by atoms with Crippen molar-refractivity contribution in [2.45, 2.75) is 52.3 Å². The number of esters is 2. The Morgan fingerprint density at radius 2 is 1.50 bits per heavy atom. The summed E-state index contributed by atoms with van der Waals surface area (Å²) in [6.07, 6.45) is -0.0358. The molecule has 0 fully saturated rings. The molecule has 0 unspecified atom stereocenters. The minimum absolute atomic E-state index is 0.0179. The third-order valence-corrected chi connectivity index (χ3v) is 2.38. The molecule has 0 amide bonds. The lowest BCUT2D eigenvalue weighted by Gasteiger charge is -2.17. The Hall–Kier alpha value is -1.50. The van der Waals surface area contributed by atoms with Gasteiger partial charge in [0.15, 0.2) is 5.72 Å². The first kappa shape index (κ1) is 18.5. The van der Waals surface area contributed by atoms with Gasteiger partial charge in [0.1, 0.15) is 0 Å². The van der Waals surface area contributed by atoms with Gasteiger partial charge in [-0.1, -0.05) is 0 Å². The normalized spacial score (nSPS) is 11.9. The molecule has 20 heavy (non-hydrogen) atoms. The van der Waals surface area contributed by atoms with Gasteiger partial charge in [-0.25, -0.2) is 0 Å². The van der Waals surface area contributed by atoms with Gasteiger partial charge in [-0.15, -0.1) is 0 Å². The fourth-order valence-electron chi connectivity index (χ4n) is 1.24. The Morgan fingerprint density at radius 1 is 1.05 bits per heavy atom. The second kappa shape index (κ2) is 9.41. The van der Waals surface area contributed by atoms with Crippen molar-refractivity contribution in [3.8, 4) is 0 Å². The lowest BCUT2D eigenvalue weighted by Crippen LogP contribution is -2.22. The summed E-state index contributed by atoms with van der Waals surface area (Å²) in [7, 11) is 1.50. The summed E-state index contributed by atoms with van der Waals surface area (Å²) in [5, 5.41) is 8.00. The summed E-state index contributed by atoms with van der Waals surface area (Å²) >= 11 is 0. The van der Waals surface area contributed by atoms with Gasteiger partial charge < -0.3 is 14.2 Å². The molecule has 116 valence electrons. The topological polar surface area (TPSA) is 86.6 Å². The van der Waals surface area contributed by atoms with E-state index < -0.39 is 23.7 Å². The molecule has 0 aliphatic carbocycles. The van der Waals surface area contributed by atoms with Crippen LogP contribution >= 0.6 is 0 Å². The molecule has 7 nitrogen and oxygen atoms in total. The minimum atomic E-state index is -0.804. The van der Waals surface area contributed by atoms with Crippen molar-refractivity contribution in [3.05, 3.63) is 0 Å². The predicted octanol–water partition coefficient (Wildman–Crippen LogP) is 2.10. The van der Waals surface area contributed by atoms with Gasteiger partial charge in [0.05, 0.1) is 32.1 Å². The number of nitrogens with zero attached hydrogens (tertiary/aromatic N) is 2. The zero-order valence-electron chi connectivity index (χ0n) is 12.8. The molecule has 7 heteroatoms. The molecule has 0 atom stereocenters. The van der Waals surface area contributed by atoms with Crippen molar-refractivity contribution < 1.29 is 23.8 Å². The average Bonchev–Trinajstić information content (AvgIpc) is 2.36. The third kappa shape index (κ3) is 8.58. The van der Waals surface area contributed by atoms with Crippen LogP contribution in [-0.2, 0) is 23.8 Å². The summed E-state index contributed by atoms with van der Waals surface area (Å²) in [4.78, 5) is 23.0. The second-order valence-corrected chi connectivity index (χ2v) is 4.54. The fraction of sp³-hybridized carbons (Fsp3) is 0.846. The van der Waals surface area contributed by atoms with E-state index in [-0.39, 0.29) is 26.1 Å². The van der Waals surface area contributed by atoms with Crippen LogP contribution in [0.1, 0.15) is 40.5 Å². The van der Waals surface area contributed by atoms with Crippen LogP contribution in [0, 0.1) is 0 Å². The lowest BCUT2D eigenvalue weighted by atomic mass is 10.1. The number of carbonyl (C=O) groups is 2. The predicted molar refractivity (Wildman–Crippen MR) is 72.2 cm³/mol. The van der Waals surface area contributed by atoms with Gasteiger partial charge in [0.25, 0.3) is 0 Å². The number of ether oxygens (including phenoxy) is 3. The molecule has 0 rings (SSSR count). The smallest absolute Gasteiger partial charge is 0.308 e. The van der Waals surface area contributed by atoms with Crippen LogP contribution in [0.15, 0.2) is 10.2 Å². The number of carbonyl (C=O) groups excluding carboxylic acids is 2. The van der Waals surface area contributed by atoms with Gasteiger partial charge in [0, 0.05) is 7.11 Å². The van der Waals surface area contributed by atoms with E-state index in [2.05, 4.69) is 10.2 Å². The van der Waals surface area contributed by atoms with E-state index in [4.69, 9.17) is 14.2 Å². The molecule has 0 bridgehead atoms. The van der Waals surface area contributed by atoms with E-state index in [9.17, 15) is 9.59 Å². The van der Waals surface area contributed by atoms with E-state index in [1.54, 1.807) is 27.7 Å². The molecule has 0 N–H and O–H groups in total. The van der Waals surface area contributed by atoms with Crippen molar-refractivity contribution in [2.24, 2.45) is 10.2 Å². The molecular formula is C13H24N2O5. The Morgan fingerprint density at radius 3 is 1.85 bits per heavy atom. The highest BCUT2D eigenvalue weighted by atomic mass is 16.5. The van der Waals surface area contributed by atoms with Gasteiger partial charge in [-0.05, 0) is 27.7 Å². The summed E-state index contributed by atoms with van der Waals surface area (Å²) in [5.74, 6) is -0.841. The highest BCUT2D eigenvalue weighted by Gasteiger charge is 2.21. The summed E-state index contributed by atoms with van der Waals surface area (Å²) in [6, 6.07) is -0.609. The third-order valence-electron chi connectivity index (χ3n) is 2.38. The molecular weight excluding hydrogens is 264 g/mol. The van der Waals surface area contributed by atoms with Crippen LogP contribution in [0.5, 0.6) is 0 Å². The maximum atomic E-state index is 11.5. The Bertz CT molecular complexity index is 322. The van der Waals surface area contributed by atoms with Crippen molar-refractivity contribution in [3.63, 3.8) is 0 Å². The fourth-order valence-corrected chi connectivity index (χ4v) is 1.24. The van der Waals surface area contributed by atoms with Gasteiger partial charge in [0.2, 0.25) is 0 Å².